The summed E-state index contributed by atoms with van der Waals surface area (Å²) in [6.45, 7) is 9.16. The van der Waals surface area contributed by atoms with Crippen molar-refractivity contribution in [2.45, 2.75) is 233 Å². The third-order valence-corrected chi connectivity index (χ3v) is 11.1. The highest BCUT2D eigenvalue weighted by molar-refractivity contribution is 6.47. The molecule has 2 heteroatoms. The molecule has 0 saturated heterocycles. The van der Waals surface area contributed by atoms with Crippen molar-refractivity contribution in [1.82, 2.24) is 0 Å². The molecule has 2 aromatic carbocycles. The third kappa shape index (κ3) is 25.6. The lowest BCUT2D eigenvalue weighted by atomic mass is 10.0. The number of allylic oxidation sites excluding steroid dienone is 2. The van der Waals surface area contributed by atoms with Gasteiger partial charge in [0.15, 0.2) is 0 Å². The molecule has 0 atom stereocenters. The summed E-state index contributed by atoms with van der Waals surface area (Å²) < 4.78 is 0. The molecule has 0 fully saturated rings. The summed E-state index contributed by atoms with van der Waals surface area (Å²) >= 11 is 0. The van der Waals surface area contributed by atoms with Crippen molar-refractivity contribution in [3.05, 3.63) is 71.8 Å². The molecular weight excluding hydrogens is 653 g/mol. The Kier molecular flexibility index (Phi) is 30.9. The quantitative estimate of drug-likeness (QED) is 0.0491. The van der Waals surface area contributed by atoms with Gasteiger partial charge in [-0.1, -0.05) is 212 Å². The molecule has 54 heavy (non-hydrogen) atoms. The molecule has 2 nitrogen and oxygen atoms in total. The number of hydrogen-bond acceptors (Lipinski definition) is 2. The van der Waals surface area contributed by atoms with Crippen LogP contribution in [0.4, 0.5) is 11.4 Å². The Morgan fingerprint density at radius 1 is 0.389 bits per heavy atom. The van der Waals surface area contributed by atoms with Crippen LogP contribution in [0.2, 0.25) is 0 Å². The Balaban J connectivity index is 1.96. The number of nitrogens with zero attached hydrogens (tertiary/aromatic N) is 2. The molecule has 0 aliphatic heterocycles. The summed E-state index contributed by atoms with van der Waals surface area (Å²) in [5.41, 5.74) is 7.11. The van der Waals surface area contributed by atoms with E-state index in [9.17, 15) is 0 Å². The monoisotopic (exact) mass is 739 g/mol. The van der Waals surface area contributed by atoms with Crippen molar-refractivity contribution in [1.29, 1.82) is 0 Å². The molecule has 0 heterocycles. The first-order chi connectivity index (χ1) is 26.7. The highest BCUT2D eigenvalue weighted by atomic mass is 14.8. The van der Waals surface area contributed by atoms with Gasteiger partial charge in [0.2, 0.25) is 0 Å². The average Bonchev–Trinajstić information content (AvgIpc) is 3.19. The van der Waals surface area contributed by atoms with Crippen LogP contribution < -0.4 is 0 Å². The Morgan fingerprint density at radius 3 is 1.15 bits per heavy atom. The lowest BCUT2D eigenvalue weighted by Crippen LogP contribution is -2.11. The van der Waals surface area contributed by atoms with E-state index in [4.69, 9.17) is 9.98 Å². The molecule has 0 spiro atoms. The van der Waals surface area contributed by atoms with Crippen LogP contribution in [0.3, 0.4) is 0 Å². The fourth-order valence-corrected chi connectivity index (χ4v) is 7.42. The Morgan fingerprint density at radius 2 is 0.741 bits per heavy atom. The Hall–Kier alpha value is -2.48. The zero-order chi connectivity index (χ0) is 38.6. The number of aryl methyl sites for hydroxylation is 2. The summed E-state index contributed by atoms with van der Waals surface area (Å²) in [4.78, 5) is 10.5. The van der Waals surface area contributed by atoms with Gasteiger partial charge in [-0.3, -0.25) is 4.99 Å². The molecule has 0 unspecified atom stereocenters. The standard InChI is InChI=1S/C52H86N2/c1-5-9-13-16-19-21-23-25-27-29-32-35-47-39-43-49(44-40-47)53-51(37-12-8-4)52(38-34-31-18-15-11-7-3)54-50-45-41-48(42-46-50)36-33-30-28-26-24-22-20-17-14-10-6-2/h34,38-46H,5-33,35-37H2,1-4H3/b38-34+,53-51?,54-52?. The van der Waals surface area contributed by atoms with Gasteiger partial charge >= 0.3 is 0 Å². The molecule has 0 aliphatic carbocycles. The van der Waals surface area contributed by atoms with Crippen LogP contribution in [-0.2, 0) is 12.8 Å². The van der Waals surface area contributed by atoms with E-state index in [1.54, 1.807) is 0 Å². The number of benzene rings is 2. The van der Waals surface area contributed by atoms with E-state index >= 15 is 0 Å². The highest BCUT2D eigenvalue weighted by Gasteiger charge is 2.09. The van der Waals surface area contributed by atoms with E-state index in [-0.39, 0.29) is 0 Å². The van der Waals surface area contributed by atoms with Crippen LogP contribution in [0.1, 0.15) is 231 Å². The normalized spacial score (nSPS) is 12.4. The summed E-state index contributed by atoms with van der Waals surface area (Å²) in [5, 5.41) is 0. The number of rotatable bonds is 36. The van der Waals surface area contributed by atoms with Crippen LogP contribution in [0.25, 0.3) is 0 Å². The van der Waals surface area contributed by atoms with Crippen molar-refractivity contribution in [3.8, 4) is 0 Å². The summed E-state index contributed by atoms with van der Waals surface area (Å²) in [6, 6.07) is 18.1. The summed E-state index contributed by atoms with van der Waals surface area (Å²) in [5.74, 6) is 0. The van der Waals surface area contributed by atoms with Crippen molar-refractivity contribution in [3.63, 3.8) is 0 Å². The van der Waals surface area contributed by atoms with Crippen LogP contribution in [-0.4, -0.2) is 11.4 Å². The number of unbranched alkanes of at least 4 members (excludes halogenated alkanes) is 25. The lowest BCUT2D eigenvalue weighted by Gasteiger charge is -2.09. The topological polar surface area (TPSA) is 24.7 Å². The predicted molar refractivity (Wildman–Crippen MR) is 245 cm³/mol. The van der Waals surface area contributed by atoms with E-state index in [0.717, 1.165) is 48.5 Å². The van der Waals surface area contributed by atoms with Crippen molar-refractivity contribution in [2.24, 2.45) is 9.98 Å². The van der Waals surface area contributed by atoms with E-state index in [2.05, 4.69) is 88.4 Å². The van der Waals surface area contributed by atoms with Gasteiger partial charge in [-0.15, -0.1) is 0 Å². The maximum atomic E-state index is 5.27. The summed E-state index contributed by atoms with van der Waals surface area (Å²) in [7, 11) is 0. The molecule has 2 rings (SSSR count). The molecule has 0 bridgehead atoms. The van der Waals surface area contributed by atoms with Gasteiger partial charge in [0.1, 0.15) is 0 Å². The van der Waals surface area contributed by atoms with E-state index in [1.165, 1.54) is 191 Å². The first kappa shape index (κ1) is 47.7. The molecule has 304 valence electrons. The zero-order valence-electron chi connectivity index (χ0n) is 36.3. The SMILES string of the molecule is CCCCCC/C=C/C(=Nc1ccc(CCCCCCCCCCCCC)cc1)C(CCCC)=Nc1ccc(CCCCCCCCCCCCC)cc1. The largest absolute Gasteiger partial charge is 0.251 e. The van der Waals surface area contributed by atoms with Gasteiger partial charge in [-0.2, -0.15) is 0 Å². The molecule has 0 amide bonds. The lowest BCUT2D eigenvalue weighted by molar-refractivity contribution is 0.549. The smallest absolute Gasteiger partial charge is 0.0848 e. The zero-order valence-corrected chi connectivity index (χ0v) is 36.3. The van der Waals surface area contributed by atoms with Crippen LogP contribution in [0, 0.1) is 0 Å². The van der Waals surface area contributed by atoms with Crippen molar-refractivity contribution < 1.29 is 0 Å². The first-order valence-corrected chi connectivity index (χ1v) is 23.7. The first-order valence-electron chi connectivity index (χ1n) is 23.7. The molecule has 0 saturated carbocycles. The maximum Gasteiger partial charge on any atom is 0.0848 e. The highest BCUT2D eigenvalue weighted by Crippen LogP contribution is 2.21. The fraction of sp³-hybridized carbons (Fsp3) is 0.692. The van der Waals surface area contributed by atoms with Crippen LogP contribution >= 0.6 is 0 Å². The maximum absolute atomic E-state index is 5.27. The summed E-state index contributed by atoms with van der Waals surface area (Å²) in [6.07, 6.45) is 47.1. The van der Waals surface area contributed by atoms with E-state index in [1.807, 2.05) is 0 Å². The fourth-order valence-electron chi connectivity index (χ4n) is 7.42. The second kappa shape index (κ2) is 35.0. The second-order valence-corrected chi connectivity index (χ2v) is 16.3. The third-order valence-electron chi connectivity index (χ3n) is 11.1. The molecule has 2 aromatic rings. The number of aliphatic imine (C=N–C) groups is 2. The van der Waals surface area contributed by atoms with Gasteiger partial charge in [-0.25, -0.2) is 4.99 Å². The molecule has 0 N–H and O–H groups in total. The van der Waals surface area contributed by atoms with Crippen molar-refractivity contribution in [2.75, 3.05) is 0 Å². The molecule has 0 aromatic heterocycles. The van der Waals surface area contributed by atoms with Gasteiger partial charge in [0.25, 0.3) is 0 Å². The van der Waals surface area contributed by atoms with Crippen LogP contribution in [0.15, 0.2) is 70.7 Å². The minimum atomic E-state index is 0.951. The van der Waals surface area contributed by atoms with Gasteiger partial charge < -0.3 is 0 Å². The van der Waals surface area contributed by atoms with Crippen LogP contribution in [0.5, 0.6) is 0 Å². The molecular formula is C52H86N2. The minimum absolute atomic E-state index is 0.951. The molecule has 0 aliphatic rings. The number of hydrogen-bond donors (Lipinski definition) is 0. The van der Waals surface area contributed by atoms with Gasteiger partial charge in [0, 0.05) is 0 Å². The average molecular weight is 739 g/mol. The second-order valence-electron chi connectivity index (χ2n) is 16.3. The van der Waals surface area contributed by atoms with Crippen molar-refractivity contribution >= 4 is 22.8 Å². The Labute approximate surface area is 336 Å². The molecule has 0 radical (unpaired) electrons. The Bertz CT molecular complexity index is 1200. The van der Waals surface area contributed by atoms with Gasteiger partial charge in [0.05, 0.1) is 22.8 Å². The van der Waals surface area contributed by atoms with E-state index < -0.39 is 0 Å². The van der Waals surface area contributed by atoms with Gasteiger partial charge in [-0.05, 0) is 92.8 Å². The minimum Gasteiger partial charge on any atom is -0.251 e. The predicted octanol–water partition coefficient (Wildman–Crippen LogP) is 18.0. The van der Waals surface area contributed by atoms with E-state index in [0.29, 0.717) is 0 Å².